The molecule has 0 aliphatic heterocycles. The minimum absolute atomic E-state index is 0.0258. The van der Waals surface area contributed by atoms with Crippen LogP contribution in [0.15, 0.2) is 24.4 Å². The molecule has 1 aromatic carbocycles. The van der Waals surface area contributed by atoms with Gasteiger partial charge in [0.1, 0.15) is 5.75 Å². The first-order valence-electron chi connectivity index (χ1n) is 6.93. The van der Waals surface area contributed by atoms with E-state index < -0.39 is 0 Å². The molecule has 0 unspecified atom stereocenters. The van der Waals surface area contributed by atoms with Gasteiger partial charge in [0.05, 0.1) is 19.0 Å². The van der Waals surface area contributed by atoms with E-state index in [9.17, 15) is 4.79 Å². The molecule has 0 saturated carbocycles. The Labute approximate surface area is 124 Å². The number of nitrogens with zero attached hydrogens (tertiary/aromatic N) is 2. The molecule has 1 amide bonds. The van der Waals surface area contributed by atoms with Gasteiger partial charge in [0, 0.05) is 19.2 Å². The molecule has 0 radical (unpaired) electrons. The van der Waals surface area contributed by atoms with Crippen LogP contribution in [0.3, 0.4) is 0 Å². The Morgan fingerprint density at radius 1 is 1.38 bits per heavy atom. The van der Waals surface area contributed by atoms with Crippen LogP contribution in [0.25, 0.3) is 0 Å². The third-order valence-electron chi connectivity index (χ3n) is 3.59. The highest BCUT2D eigenvalue weighted by Gasteiger charge is 2.10. The molecule has 21 heavy (non-hydrogen) atoms. The third kappa shape index (κ3) is 3.62. The molecule has 0 aliphatic rings. The van der Waals surface area contributed by atoms with Crippen molar-refractivity contribution in [3.63, 3.8) is 0 Å². The molecule has 0 fully saturated rings. The maximum absolute atomic E-state index is 12.1. The van der Waals surface area contributed by atoms with Crippen LogP contribution in [0.5, 0.6) is 5.75 Å². The summed E-state index contributed by atoms with van der Waals surface area (Å²) in [5, 5.41) is 7.09. The summed E-state index contributed by atoms with van der Waals surface area (Å²) in [6, 6.07) is 5.72. The summed E-state index contributed by atoms with van der Waals surface area (Å²) >= 11 is 0. The number of amides is 1. The van der Waals surface area contributed by atoms with Crippen LogP contribution in [0, 0.1) is 13.8 Å². The van der Waals surface area contributed by atoms with Crippen molar-refractivity contribution in [1.29, 1.82) is 0 Å². The van der Waals surface area contributed by atoms with E-state index in [2.05, 4.69) is 10.4 Å². The van der Waals surface area contributed by atoms with Gasteiger partial charge in [-0.3, -0.25) is 9.48 Å². The van der Waals surface area contributed by atoms with E-state index in [-0.39, 0.29) is 5.91 Å². The van der Waals surface area contributed by atoms with Crippen LogP contribution in [0.2, 0.25) is 0 Å². The normalized spacial score (nSPS) is 10.5. The maximum atomic E-state index is 12.1. The van der Waals surface area contributed by atoms with Crippen molar-refractivity contribution in [1.82, 2.24) is 9.78 Å². The molecule has 5 heteroatoms. The Morgan fingerprint density at radius 3 is 2.76 bits per heavy atom. The number of benzene rings is 1. The Bertz CT molecular complexity index is 647. The summed E-state index contributed by atoms with van der Waals surface area (Å²) in [5.74, 6) is 0.647. The fraction of sp³-hybridized carbons (Fsp3) is 0.375. The van der Waals surface area contributed by atoms with Crippen LogP contribution in [0.4, 0.5) is 5.69 Å². The number of rotatable bonds is 5. The summed E-state index contributed by atoms with van der Waals surface area (Å²) in [4.78, 5) is 12.1. The predicted molar refractivity (Wildman–Crippen MR) is 82.6 cm³/mol. The van der Waals surface area contributed by atoms with E-state index in [4.69, 9.17) is 4.74 Å². The van der Waals surface area contributed by atoms with Crippen LogP contribution >= 0.6 is 0 Å². The lowest BCUT2D eigenvalue weighted by atomic mass is 10.1. The average Bonchev–Trinajstić information content (AvgIpc) is 2.77. The fourth-order valence-electron chi connectivity index (χ4n) is 2.17. The zero-order valence-corrected chi connectivity index (χ0v) is 12.9. The molecular formula is C16H21N3O2. The number of aryl methyl sites for hydroxylation is 3. The summed E-state index contributed by atoms with van der Waals surface area (Å²) in [5.41, 5.74) is 3.99. The second-order valence-corrected chi connectivity index (χ2v) is 5.13. The van der Waals surface area contributed by atoms with Gasteiger partial charge in [0.15, 0.2) is 0 Å². The smallest absolute Gasteiger partial charge is 0.224 e. The summed E-state index contributed by atoms with van der Waals surface area (Å²) in [6.07, 6.45) is 2.92. The first kappa shape index (κ1) is 15.1. The zero-order valence-electron chi connectivity index (χ0n) is 12.9. The number of aromatic nitrogens is 2. The van der Waals surface area contributed by atoms with Gasteiger partial charge < -0.3 is 10.1 Å². The SMILES string of the molecule is COc1ccc(C)cc1NC(=O)CCc1cnn(C)c1C. The number of carbonyl (C=O) groups excluding carboxylic acids is 1. The van der Waals surface area contributed by atoms with E-state index in [0.29, 0.717) is 24.3 Å². The van der Waals surface area contributed by atoms with Gasteiger partial charge in [-0.2, -0.15) is 5.10 Å². The van der Waals surface area contributed by atoms with E-state index in [1.165, 1.54) is 0 Å². The highest BCUT2D eigenvalue weighted by Crippen LogP contribution is 2.25. The van der Waals surface area contributed by atoms with Crippen molar-refractivity contribution in [2.45, 2.75) is 26.7 Å². The number of nitrogens with one attached hydrogen (secondary N) is 1. The van der Waals surface area contributed by atoms with Crippen molar-refractivity contribution in [3.8, 4) is 5.75 Å². The van der Waals surface area contributed by atoms with Crippen LogP contribution in [-0.4, -0.2) is 22.8 Å². The first-order chi connectivity index (χ1) is 10.0. The molecule has 0 atom stereocenters. The molecule has 112 valence electrons. The molecule has 0 aliphatic carbocycles. The Morgan fingerprint density at radius 2 is 2.14 bits per heavy atom. The fourth-order valence-corrected chi connectivity index (χ4v) is 2.17. The second kappa shape index (κ2) is 6.43. The van der Waals surface area contributed by atoms with Crippen molar-refractivity contribution < 1.29 is 9.53 Å². The number of hydrogen-bond acceptors (Lipinski definition) is 3. The number of hydrogen-bond donors (Lipinski definition) is 1. The van der Waals surface area contributed by atoms with Crippen molar-refractivity contribution in [2.24, 2.45) is 7.05 Å². The summed E-state index contributed by atoms with van der Waals surface area (Å²) < 4.78 is 7.07. The summed E-state index contributed by atoms with van der Waals surface area (Å²) in [7, 11) is 3.50. The van der Waals surface area contributed by atoms with Crippen molar-refractivity contribution in [2.75, 3.05) is 12.4 Å². The highest BCUT2D eigenvalue weighted by atomic mass is 16.5. The second-order valence-electron chi connectivity index (χ2n) is 5.13. The predicted octanol–water partition coefficient (Wildman–Crippen LogP) is 2.62. The van der Waals surface area contributed by atoms with Gasteiger partial charge in [-0.1, -0.05) is 6.07 Å². The minimum atomic E-state index is -0.0258. The lowest BCUT2D eigenvalue weighted by Crippen LogP contribution is -2.13. The van der Waals surface area contributed by atoms with Gasteiger partial charge in [0.25, 0.3) is 0 Å². The van der Waals surface area contributed by atoms with Crippen molar-refractivity contribution in [3.05, 3.63) is 41.2 Å². The first-order valence-corrected chi connectivity index (χ1v) is 6.93. The minimum Gasteiger partial charge on any atom is -0.495 e. The lowest BCUT2D eigenvalue weighted by molar-refractivity contribution is -0.116. The summed E-state index contributed by atoms with van der Waals surface area (Å²) in [6.45, 7) is 3.98. The number of anilines is 1. The highest BCUT2D eigenvalue weighted by molar-refractivity contribution is 5.92. The molecule has 1 aromatic heterocycles. The molecule has 0 spiro atoms. The van der Waals surface area contributed by atoms with Gasteiger partial charge in [-0.25, -0.2) is 0 Å². The lowest BCUT2D eigenvalue weighted by Gasteiger charge is -2.11. The quantitative estimate of drug-likeness (QED) is 0.919. The number of ether oxygens (including phenoxy) is 1. The Kier molecular flexibility index (Phi) is 4.62. The largest absolute Gasteiger partial charge is 0.495 e. The van der Waals surface area contributed by atoms with E-state index in [1.807, 2.05) is 50.0 Å². The van der Waals surface area contributed by atoms with E-state index in [1.54, 1.807) is 7.11 Å². The standard InChI is InChI=1S/C16H21N3O2/c1-11-5-7-15(21-4)14(9-11)18-16(20)8-6-13-10-17-19(3)12(13)2/h5,7,9-10H,6,8H2,1-4H3,(H,18,20). The van der Waals surface area contributed by atoms with Crippen LogP contribution in [0.1, 0.15) is 23.2 Å². The molecule has 5 nitrogen and oxygen atoms in total. The van der Waals surface area contributed by atoms with Gasteiger partial charge >= 0.3 is 0 Å². The number of carbonyl (C=O) groups is 1. The molecular weight excluding hydrogens is 266 g/mol. The van der Waals surface area contributed by atoms with E-state index in [0.717, 1.165) is 16.8 Å². The third-order valence-corrected chi connectivity index (χ3v) is 3.59. The van der Waals surface area contributed by atoms with Gasteiger partial charge in [0.2, 0.25) is 5.91 Å². The van der Waals surface area contributed by atoms with E-state index >= 15 is 0 Å². The van der Waals surface area contributed by atoms with Crippen LogP contribution < -0.4 is 10.1 Å². The molecule has 2 rings (SSSR count). The van der Waals surface area contributed by atoms with Crippen LogP contribution in [-0.2, 0) is 18.3 Å². The Hall–Kier alpha value is -2.30. The van der Waals surface area contributed by atoms with Crippen molar-refractivity contribution >= 4 is 11.6 Å². The van der Waals surface area contributed by atoms with Gasteiger partial charge in [-0.15, -0.1) is 0 Å². The molecule has 0 bridgehead atoms. The Balaban J connectivity index is 1.99. The topological polar surface area (TPSA) is 56.1 Å². The molecule has 2 aromatic rings. The molecule has 0 saturated heterocycles. The zero-order chi connectivity index (χ0) is 15.4. The maximum Gasteiger partial charge on any atom is 0.224 e. The molecule has 1 N–H and O–H groups in total. The monoisotopic (exact) mass is 287 g/mol. The number of methoxy groups -OCH3 is 1. The van der Waals surface area contributed by atoms with Gasteiger partial charge in [-0.05, 0) is 43.5 Å². The molecule has 1 heterocycles. The average molecular weight is 287 g/mol.